The summed E-state index contributed by atoms with van der Waals surface area (Å²) in [6.45, 7) is 3.23. The van der Waals surface area contributed by atoms with Gasteiger partial charge in [0.2, 0.25) is 0 Å². The first-order chi connectivity index (χ1) is 9.36. The zero-order valence-electron chi connectivity index (χ0n) is 11.2. The van der Waals surface area contributed by atoms with Crippen molar-refractivity contribution in [2.45, 2.75) is 19.5 Å². The van der Waals surface area contributed by atoms with Crippen molar-refractivity contribution in [1.82, 2.24) is 4.90 Å². The van der Waals surface area contributed by atoms with Gasteiger partial charge in [-0.25, -0.2) is 0 Å². The second kappa shape index (κ2) is 5.79. The van der Waals surface area contributed by atoms with E-state index in [-0.39, 0.29) is 5.78 Å². The molecule has 0 aliphatic carbocycles. The smallest absolute Gasteiger partial charge is 0.299 e. The number of benzene rings is 1. The van der Waals surface area contributed by atoms with Gasteiger partial charge in [0.25, 0.3) is 0 Å². The monoisotopic (exact) mass is 283 g/mol. The quantitative estimate of drug-likeness (QED) is 0.847. The third kappa shape index (κ3) is 3.70. The molecule has 0 radical (unpaired) electrons. The lowest BCUT2D eigenvalue weighted by atomic mass is 9.97. The van der Waals surface area contributed by atoms with Crippen molar-refractivity contribution < 1.29 is 18.0 Å². The molecule has 0 bridgehead atoms. The minimum absolute atomic E-state index is 0.0981. The number of halogens is 3. The van der Waals surface area contributed by atoms with E-state index in [1.165, 1.54) is 19.1 Å². The Bertz CT molecular complexity index is 534. The van der Waals surface area contributed by atoms with Crippen LogP contribution in [0.2, 0.25) is 0 Å². The van der Waals surface area contributed by atoms with Crippen LogP contribution in [-0.2, 0) is 11.0 Å². The molecule has 5 heteroatoms. The SMILES string of the molecule is CC(=O)CN1CC=C(c2cccc(C(F)(F)F)c2)CC1. The van der Waals surface area contributed by atoms with Crippen molar-refractivity contribution in [3.8, 4) is 0 Å². The highest BCUT2D eigenvalue weighted by Crippen LogP contribution is 2.32. The lowest BCUT2D eigenvalue weighted by Crippen LogP contribution is -2.32. The van der Waals surface area contributed by atoms with Crippen molar-refractivity contribution in [1.29, 1.82) is 0 Å². The van der Waals surface area contributed by atoms with E-state index in [0.717, 1.165) is 11.6 Å². The Balaban J connectivity index is 2.13. The van der Waals surface area contributed by atoms with Gasteiger partial charge in [-0.15, -0.1) is 0 Å². The predicted octanol–water partition coefficient (Wildman–Crippen LogP) is 3.38. The minimum Gasteiger partial charge on any atom is -0.299 e. The Labute approximate surface area is 115 Å². The standard InChI is InChI=1S/C15H16F3NO/c1-11(20)10-19-7-5-12(6-8-19)13-3-2-4-14(9-13)15(16,17)18/h2-5,9H,6-8,10H2,1H3. The molecule has 0 fully saturated rings. The summed E-state index contributed by atoms with van der Waals surface area (Å²) >= 11 is 0. The Hall–Kier alpha value is -1.62. The van der Waals surface area contributed by atoms with E-state index >= 15 is 0 Å². The highest BCUT2D eigenvalue weighted by Gasteiger charge is 2.30. The van der Waals surface area contributed by atoms with Crippen molar-refractivity contribution in [3.63, 3.8) is 0 Å². The van der Waals surface area contributed by atoms with Crippen LogP contribution in [0.25, 0.3) is 5.57 Å². The molecule has 0 aromatic heterocycles. The summed E-state index contributed by atoms with van der Waals surface area (Å²) in [7, 11) is 0. The summed E-state index contributed by atoms with van der Waals surface area (Å²) in [6.07, 6.45) is -1.75. The molecule has 0 amide bonds. The van der Waals surface area contributed by atoms with Crippen LogP contribution >= 0.6 is 0 Å². The zero-order chi connectivity index (χ0) is 14.8. The van der Waals surface area contributed by atoms with Gasteiger partial charge in [0.1, 0.15) is 5.78 Å². The maximum atomic E-state index is 12.7. The second-order valence-corrected chi connectivity index (χ2v) is 5.00. The van der Waals surface area contributed by atoms with Crippen molar-refractivity contribution in [2.24, 2.45) is 0 Å². The van der Waals surface area contributed by atoms with Gasteiger partial charge in [-0.05, 0) is 36.6 Å². The van der Waals surface area contributed by atoms with E-state index in [4.69, 9.17) is 0 Å². The molecule has 108 valence electrons. The maximum Gasteiger partial charge on any atom is 0.416 e. The molecule has 1 aromatic carbocycles. The highest BCUT2D eigenvalue weighted by molar-refractivity contribution is 5.78. The Kier molecular flexibility index (Phi) is 4.28. The van der Waals surface area contributed by atoms with E-state index < -0.39 is 11.7 Å². The Morgan fingerprint density at radius 2 is 2.10 bits per heavy atom. The number of carbonyl (C=O) groups excluding carboxylic acids is 1. The van der Waals surface area contributed by atoms with E-state index in [0.29, 0.717) is 31.6 Å². The fraction of sp³-hybridized carbons (Fsp3) is 0.400. The van der Waals surface area contributed by atoms with Gasteiger partial charge < -0.3 is 0 Å². The molecule has 0 saturated carbocycles. The first-order valence-corrected chi connectivity index (χ1v) is 6.45. The Morgan fingerprint density at radius 3 is 2.65 bits per heavy atom. The van der Waals surface area contributed by atoms with Crippen LogP contribution in [0.5, 0.6) is 0 Å². The number of alkyl halides is 3. The summed E-state index contributed by atoms with van der Waals surface area (Å²) < 4.78 is 38.0. The third-order valence-electron chi connectivity index (χ3n) is 3.30. The van der Waals surface area contributed by atoms with Gasteiger partial charge in [-0.3, -0.25) is 9.69 Å². The summed E-state index contributed by atoms with van der Waals surface area (Å²) in [4.78, 5) is 13.0. The van der Waals surface area contributed by atoms with Gasteiger partial charge in [0, 0.05) is 13.1 Å². The zero-order valence-corrected chi connectivity index (χ0v) is 11.2. The molecular weight excluding hydrogens is 267 g/mol. The molecule has 1 aliphatic heterocycles. The number of hydrogen-bond acceptors (Lipinski definition) is 2. The van der Waals surface area contributed by atoms with Crippen LogP contribution in [-0.4, -0.2) is 30.3 Å². The number of ketones is 1. The summed E-state index contributed by atoms with van der Waals surface area (Å²) in [5.74, 6) is 0.0981. The predicted molar refractivity (Wildman–Crippen MR) is 71.2 cm³/mol. The van der Waals surface area contributed by atoms with Crippen LogP contribution in [0.1, 0.15) is 24.5 Å². The summed E-state index contributed by atoms with van der Waals surface area (Å²) in [5, 5.41) is 0. The van der Waals surface area contributed by atoms with Crippen LogP contribution < -0.4 is 0 Å². The number of rotatable bonds is 3. The molecule has 2 rings (SSSR count). The topological polar surface area (TPSA) is 20.3 Å². The van der Waals surface area contributed by atoms with Crippen LogP contribution in [0, 0.1) is 0 Å². The van der Waals surface area contributed by atoms with Gasteiger partial charge >= 0.3 is 6.18 Å². The second-order valence-electron chi connectivity index (χ2n) is 5.00. The number of carbonyl (C=O) groups is 1. The van der Waals surface area contributed by atoms with Crippen LogP contribution in [0.4, 0.5) is 13.2 Å². The van der Waals surface area contributed by atoms with Crippen molar-refractivity contribution >= 4 is 11.4 Å². The van der Waals surface area contributed by atoms with Gasteiger partial charge in [0.15, 0.2) is 0 Å². The number of hydrogen-bond donors (Lipinski definition) is 0. The van der Waals surface area contributed by atoms with Crippen LogP contribution in [0.3, 0.4) is 0 Å². The summed E-state index contributed by atoms with van der Waals surface area (Å²) in [6, 6.07) is 5.39. The normalized spacial score (nSPS) is 16.9. The molecule has 2 nitrogen and oxygen atoms in total. The first-order valence-electron chi connectivity index (χ1n) is 6.45. The maximum absolute atomic E-state index is 12.7. The molecular formula is C15H16F3NO. The van der Waals surface area contributed by atoms with Gasteiger partial charge in [0.05, 0.1) is 12.1 Å². The first kappa shape index (κ1) is 14.8. The molecule has 0 unspecified atom stereocenters. The molecule has 1 heterocycles. The lowest BCUT2D eigenvalue weighted by Gasteiger charge is -2.25. The molecule has 0 spiro atoms. The molecule has 0 N–H and O–H groups in total. The van der Waals surface area contributed by atoms with Crippen molar-refractivity contribution in [2.75, 3.05) is 19.6 Å². The third-order valence-corrected chi connectivity index (χ3v) is 3.30. The fourth-order valence-corrected chi connectivity index (χ4v) is 2.33. The van der Waals surface area contributed by atoms with Crippen LogP contribution in [0.15, 0.2) is 30.3 Å². The Morgan fingerprint density at radius 1 is 1.35 bits per heavy atom. The largest absolute Gasteiger partial charge is 0.416 e. The molecule has 0 saturated heterocycles. The number of nitrogens with zero attached hydrogens (tertiary/aromatic N) is 1. The summed E-state index contributed by atoms with van der Waals surface area (Å²) in [5.41, 5.74) is 0.903. The fourth-order valence-electron chi connectivity index (χ4n) is 2.33. The minimum atomic E-state index is -4.31. The van der Waals surface area contributed by atoms with Gasteiger partial charge in [-0.2, -0.15) is 13.2 Å². The average Bonchev–Trinajstić information content (AvgIpc) is 2.38. The van der Waals surface area contributed by atoms with E-state index in [1.54, 1.807) is 6.07 Å². The molecule has 1 aliphatic rings. The van der Waals surface area contributed by atoms with E-state index in [2.05, 4.69) is 0 Å². The molecule has 20 heavy (non-hydrogen) atoms. The molecule has 0 atom stereocenters. The van der Waals surface area contributed by atoms with E-state index in [1.807, 2.05) is 11.0 Å². The van der Waals surface area contributed by atoms with Gasteiger partial charge in [-0.1, -0.05) is 18.2 Å². The average molecular weight is 283 g/mol. The van der Waals surface area contributed by atoms with Crippen molar-refractivity contribution in [3.05, 3.63) is 41.5 Å². The van der Waals surface area contributed by atoms with E-state index in [9.17, 15) is 18.0 Å². The highest BCUT2D eigenvalue weighted by atomic mass is 19.4. The number of Topliss-reactive ketones (excluding diaryl/α,β-unsaturated/α-hetero) is 1. The lowest BCUT2D eigenvalue weighted by molar-refractivity contribution is -0.137. The molecule has 1 aromatic rings.